The Morgan fingerprint density at radius 1 is 1.50 bits per heavy atom. The fraction of sp³-hybridized carbons (Fsp3) is 0.417. The van der Waals surface area contributed by atoms with Crippen LogP contribution in [0.5, 0.6) is 0 Å². The molecule has 2 rings (SSSR count). The van der Waals surface area contributed by atoms with Crippen LogP contribution in [0.15, 0.2) is 12.1 Å². The van der Waals surface area contributed by atoms with Crippen molar-refractivity contribution in [3.05, 3.63) is 23.5 Å². The van der Waals surface area contributed by atoms with Crippen LogP contribution < -0.4 is 0 Å². The van der Waals surface area contributed by atoms with E-state index in [0.29, 0.717) is 30.6 Å². The second-order valence-corrected chi connectivity index (χ2v) is 4.12. The number of esters is 1. The zero-order valence-corrected chi connectivity index (χ0v) is 10.0. The molecule has 1 N–H and O–H groups in total. The molecule has 18 heavy (non-hydrogen) atoms. The van der Waals surface area contributed by atoms with Crippen molar-refractivity contribution in [3.8, 4) is 0 Å². The summed E-state index contributed by atoms with van der Waals surface area (Å²) in [6.07, 6.45) is 2.02. The molecule has 1 aliphatic heterocycles. The second-order valence-electron chi connectivity index (χ2n) is 4.12. The van der Waals surface area contributed by atoms with E-state index in [2.05, 4.69) is 9.72 Å². The van der Waals surface area contributed by atoms with Crippen molar-refractivity contribution in [1.82, 2.24) is 9.88 Å². The van der Waals surface area contributed by atoms with Crippen LogP contribution in [0.3, 0.4) is 0 Å². The number of nitrogens with one attached hydrogen (secondary N) is 1. The number of carbonyl (C=O) groups is 3. The Balaban J connectivity index is 2.17. The van der Waals surface area contributed by atoms with Crippen LogP contribution in [-0.2, 0) is 9.53 Å². The lowest BCUT2D eigenvalue weighted by molar-refractivity contribution is -0.145. The fourth-order valence-electron chi connectivity index (χ4n) is 2.15. The SMILES string of the molecule is COC(=O)[C@@H]1CCCN1C(=O)c1ccc(C=O)[nH]1. The van der Waals surface area contributed by atoms with Crippen LogP contribution in [0.1, 0.15) is 33.8 Å². The molecule has 0 aromatic carbocycles. The maximum absolute atomic E-state index is 12.2. The average Bonchev–Trinajstić information content (AvgIpc) is 3.05. The Morgan fingerprint density at radius 2 is 2.28 bits per heavy atom. The van der Waals surface area contributed by atoms with Gasteiger partial charge in [0.1, 0.15) is 11.7 Å². The number of carbonyl (C=O) groups excluding carboxylic acids is 3. The molecule has 0 saturated carbocycles. The van der Waals surface area contributed by atoms with Crippen molar-refractivity contribution >= 4 is 18.2 Å². The molecule has 1 amide bonds. The topological polar surface area (TPSA) is 79.5 Å². The molecule has 0 aliphatic carbocycles. The average molecular weight is 250 g/mol. The normalized spacial score (nSPS) is 18.7. The minimum absolute atomic E-state index is 0.281. The standard InChI is InChI=1S/C12H14N2O4/c1-18-12(17)10-3-2-6-14(10)11(16)9-5-4-8(7-15)13-9/h4-5,7,10,13H,2-3,6H2,1H3/t10-/m0/s1. The zero-order chi connectivity index (χ0) is 13.1. The molecule has 1 aliphatic rings. The number of nitrogens with zero attached hydrogens (tertiary/aromatic N) is 1. The maximum atomic E-state index is 12.2. The minimum atomic E-state index is -0.523. The van der Waals surface area contributed by atoms with E-state index >= 15 is 0 Å². The predicted molar refractivity (Wildman–Crippen MR) is 62.3 cm³/mol. The van der Waals surface area contributed by atoms with Crippen LogP contribution in [-0.4, -0.2) is 47.7 Å². The largest absolute Gasteiger partial charge is 0.467 e. The maximum Gasteiger partial charge on any atom is 0.328 e. The third-order valence-electron chi connectivity index (χ3n) is 3.05. The van der Waals surface area contributed by atoms with Gasteiger partial charge in [0.05, 0.1) is 12.8 Å². The number of amides is 1. The van der Waals surface area contributed by atoms with Crippen molar-refractivity contribution in [1.29, 1.82) is 0 Å². The summed E-state index contributed by atoms with van der Waals surface area (Å²) in [7, 11) is 1.31. The lowest BCUT2D eigenvalue weighted by atomic mass is 10.2. The summed E-state index contributed by atoms with van der Waals surface area (Å²) in [6, 6.07) is 2.55. The van der Waals surface area contributed by atoms with Crippen molar-refractivity contribution in [2.45, 2.75) is 18.9 Å². The van der Waals surface area contributed by atoms with Gasteiger partial charge < -0.3 is 14.6 Å². The third kappa shape index (κ3) is 2.13. The van der Waals surface area contributed by atoms with Crippen molar-refractivity contribution in [2.75, 3.05) is 13.7 Å². The molecule has 1 saturated heterocycles. The van der Waals surface area contributed by atoms with Crippen LogP contribution in [0, 0.1) is 0 Å². The molecule has 1 aromatic heterocycles. The Bertz CT molecular complexity index is 480. The van der Waals surface area contributed by atoms with Gasteiger partial charge in [-0.05, 0) is 25.0 Å². The van der Waals surface area contributed by atoms with Crippen molar-refractivity contribution in [3.63, 3.8) is 0 Å². The number of hydrogen-bond donors (Lipinski definition) is 1. The smallest absolute Gasteiger partial charge is 0.328 e. The van der Waals surface area contributed by atoms with Crippen molar-refractivity contribution in [2.24, 2.45) is 0 Å². The molecule has 0 spiro atoms. The highest BCUT2D eigenvalue weighted by Gasteiger charge is 2.35. The summed E-state index contributed by atoms with van der Waals surface area (Å²) in [6.45, 7) is 0.522. The number of aromatic amines is 1. The zero-order valence-electron chi connectivity index (χ0n) is 10.0. The van der Waals surface area contributed by atoms with Crippen molar-refractivity contribution < 1.29 is 19.1 Å². The number of hydrogen-bond acceptors (Lipinski definition) is 4. The van der Waals surface area contributed by atoms with Gasteiger partial charge in [-0.2, -0.15) is 0 Å². The first-order valence-electron chi connectivity index (χ1n) is 5.70. The number of ether oxygens (including phenoxy) is 1. The van der Waals surface area contributed by atoms with E-state index in [1.54, 1.807) is 6.07 Å². The van der Waals surface area contributed by atoms with E-state index in [4.69, 9.17) is 0 Å². The lowest BCUT2D eigenvalue weighted by Gasteiger charge is -2.21. The number of aromatic nitrogens is 1. The summed E-state index contributed by atoms with van der Waals surface area (Å²) in [4.78, 5) is 38.5. The van der Waals surface area contributed by atoms with E-state index in [1.165, 1.54) is 18.1 Å². The van der Waals surface area contributed by atoms with Gasteiger partial charge >= 0.3 is 5.97 Å². The Morgan fingerprint density at radius 3 is 2.89 bits per heavy atom. The summed E-state index contributed by atoms with van der Waals surface area (Å²) in [5.74, 6) is -0.681. The van der Waals surface area contributed by atoms with E-state index in [1.807, 2.05) is 0 Å². The quantitative estimate of drug-likeness (QED) is 0.629. The summed E-state index contributed by atoms with van der Waals surface area (Å²) >= 11 is 0. The Kier molecular flexibility index (Phi) is 3.45. The molecule has 0 radical (unpaired) electrons. The van der Waals surface area contributed by atoms with Crippen LogP contribution in [0.25, 0.3) is 0 Å². The predicted octanol–water partition coefficient (Wildman–Crippen LogP) is 0.605. The highest BCUT2D eigenvalue weighted by Crippen LogP contribution is 2.20. The Hall–Kier alpha value is -2.11. The summed E-state index contributed by atoms with van der Waals surface area (Å²) in [5.41, 5.74) is 0.653. The number of rotatable bonds is 3. The lowest BCUT2D eigenvalue weighted by Crippen LogP contribution is -2.41. The van der Waals surface area contributed by atoms with Gasteiger partial charge in [0, 0.05) is 6.54 Å². The highest BCUT2D eigenvalue weighted by atomic mass is 16.5. The van der Waals surface area contributed by atoms with Crippen LogP contribution in [0.4, 0.5) is 0 Å². The Labute approximate surface area is 104 Å². The number of methoxy groups -OCH3 is 1. The van der Waals surface area contributed by atoms with E-state index < -0.39 is 12.0 Å². The second kappa shape index (κ2) is 5.03. The molecule has 1 fully saturated rings. The third-order valence-corrected chi connectivity index (χ3v) is 3.05. The van der Waals surface area contributed by atoms with Crippen LogP contribution in [0.2, 0.25) is 0 Å². The van der Waals surface area contributed by atoms with Gasteiger partial charge in [0.2, 0.25) is 0 Å². The van der Waals surface area contributed by atoms with Gasteiger partial charge in [-0.15, -0.1) is 0 Å². The van der Waals surface area contributed by atoms with Gasteiger partial charge in [-0.25, -0.2) is 4.79 Å². The van der Waals surface area contributed by atoms with Gasteiger partial charge in [0.15, 0.2) is 6.29 Å². The molecule has 2 heterocycles. The summed E-state index contributed by atoms with van der Waals surface area (Å²) in [5, 5.41) is 0. The molecule has 0 unspecified atom stereocenters. The first kappa shape index (κ1) is 12.3. The van der Waals surface area contributed by atoms with Gasteiger partial charge in [-0.3, -0.25) is 9.59 Å². The van der Waals surface area contributed by atoms with E-state index in [9.17, 15) is 14.4 Å². The highest BCUT2D eigenvalue weighted by molar-refractivity contribution is 5.96. The molecule has 96 valence electrons. The molecule has 6 nitrogen and oxygen atoms in total. The molecule has 1 atom stereocenters. The van der Waals surface area contributed by atoms with Gasteiger partial charge in [0.25, 0.3) is 5.91 Å². The first-order chi connectivity index (χ1) is 8.67. The van der Waals surface area contributed by atoms with E-state index in [-0.39, 0.29) is 5.91 Å². The number of likely N-dealkylation sites (tertiary alicyclic amines) is 1. The fourth-order valence-corrected chi connectivity index (χ4v) is 2.15. The number of H-pyrrole nitrogens is 1. The summed E-state index contributed by atoms with van der Waals surface area (Å²) < 4.78 is 4.68. The first-order valence-corrected chi connectivity index (χ1v) is 5.70. The molecular weight excluding hydrogens is 236 g/mol. The van der Waals surface area contributed by atoms with Crippen LogP contribution >= 0.6 is 0 Å². The monoisotopic (exact) mass is 250 g/mol. The number of aldehydes is 1. The molecular formula is C12H14N2O4. The van der Waals surface area contributed by atoms with Gasteiger partial charge in [-0.1, -0.05) is 0 Å². The van der Waals surface area contributed by atoms with E-state index in [0.717, 1.165) is 6.42 Å². The molecule has 6 heteroatoms. The molecule has 1 aromatic rings. The minimum Gasteiger partial charge on any atom is -0.467 e. The molecule has 0 bridgehead atoms.